The van der Waals surface area contributed by atoms with Crippen molar-refractivity contribution in [3.63, 3.8) is 0 Å². The smallest absolute Gasteiger partial charge is 0.264 e. The maximum absolute atomic E-state index is 14.3. The van der Waals surface area contributed by atoms with E-state index in [1.165, 1.54) is 18.5 Å². The molecule has 1 amide bonds. The first-order chi connectivity index (χ1) is 19.3. The lowest BCUT2D eigenvalue weighted by Crippen LogP contribution is -2.48. The summed E-state index contributed by atoms with van der Waals surface area (Å²) in [5.74, 6) is 0.834. The molecular weight excluding hydrogens is 536 g/mol. The Morgan fingerprint density at radius 3 is 2.62 bits per heavy atom. The van der Waals surface area contributed by atoms with E-state index in [4.69, 9.17) is 17.3 Å². The molecule has 0 saturated carbocycles. The number of nitrogens with zero attached hydrogens (tertiary/aromatic N) is 4. The molecule has 0 radical (unpaired) electrons. The number of halogens is 3. The van der Waals surface area contributed by atoms with Gasteiger partial charge in [0, 0.05) is 106 Å². The second-order valence-electron chi connectivity index (χ2n) is 10.6. The maximum atomic E-state index is 14.3. The molecule has 0 unspecified atom stereocenters. The number of nitrogens with one attached hydrogen (secondary N) is 2. The van der Waals surface area contributed by atoms with Gasteiger partial charge in [0.2, 0.25) is 5.91 Å². The molecule has 3 heterocycles. The van der Waals surface area contributed by atoms with Gasteiger partial charge in [-0.3, -0.25) is 15.2 Å². The van der Waals surface area contributed by atoms with Crippen molar-refractivity contribution < 1.29 is 13.6 Å². The van der Waals surface area contributed by atoms with Gasteiger partial charge in [-0.1, -0.05) is 0 Å². The number of nitrogens with two attached hydrogens (primary N) is 1. The maximum Gasteiger partial charge on any atom is 0.264 e. The lowest BCUT2D eigenvalue weighted by Gasteiger charge is -2.39. The Morgan fingerprint density at radius 2 is 2.00 bits per heavy atom. The third-order valence-corrected chi connectivity index (χ3v) is 8.25. The van der Waals surface area contributed by atoms with E-state index in [9.17, 15) is 19.0 Å². The molecule has 4 N–H and O–H groups in total. The van der Waals surface area contributed by atoms with Crippen molar-refractivity contribution in [3.05, 3.63) is 46.3 Å². The molecule has 218 valence electrons. The summed E-state index contributed by atoms with van der Waals surface area (Å²) in [6, 6.07) is 3.54. The van der Waals surface area contributed by atoms with E-state index in [1.807, 2.05) is 4.90 Å². The first-order valence-electron chi connectivity index (χ1n) is 14.0. The fourth-order valence-corrected chi connectivity index (χ4v) is 6.13. The predicted molar refractivity (Wildman–Crippen MR) is 159 cm³/mol. The topological polar surface area (TPSA) is 101 Å². The minimum atomic E-state index is -2.72. The number of allylic oxidation sites excluding steroid dienone is 1. The van der Waals surface area contributed by atoms with Crippen molar-refractivity contribution in [3.8, 4) is 0 Å². The molecule has 0 bridgehead atoms. The van der Waals surface area contributed by atoms with Gasteiger partial charge in [0.25, 0.3) is 6.43 Å². The third-order valence-electron chi connectivity index (χ3n) is 8.08. The van der Waals surface area contributed by atoms with Gasteiger partial charge in [0.1, 0.15) is 5.84 Å². The Morgan fingerprint density at radius 1 is 1.25 bits per heavy atom. The zero-order chi connectivity index (χ0) is 28.8. The highest BCUT2D eigenvalue weighted by Gasteiger charge is 2.32. The summed E-state index contributed by atoms with van der Waals surface area (Å²) >= 11 is 5.92. The highest BCUT2D eigenvalue weighted by molar-refractivity contribution is 6.18. The molecule has 0 spiro atoms. The zero-order valence-corrected chi connectivity index (χ0v) is 24.1. The zero-order valence-electron chi connectivity index (χ0n) is 23.4. The van der Waals surface area contributed by atoms with Gasteiger partial charge in [-0.25, -0.2) is 8.78 Å². The van der Waals surface area contributed by atoms with Gasteiger partial charge >= 0.3 is 0 Å². The van der Waals surface area contributed by atoms with E-state index in [-0.39, 0.29) is 23.3 Å². The Labute approximate surface area is 240 Å². The number of aliphatic imine (C=N–C) groups is 1. The van der Waals surface area contributed by atoms with Crippen molar-refractivity contribution in [1.82, 2.24) is 15.1 Å². The Hall–Kier alpha value is -2.98. The van der Waals surface area contributed by atoms with E-state index in [1.54, 1.807) is 24.9 Å². The highest BCUT2D eigenvalue weighted by atomic mass is 35.5. The van der Waals surface area contributed by atoms with Gasteiger partial charge in [-0.15, -0.1) is 11.6 Å². The Bertz CT molecular complexity index is 1190. The van der Waals surface area contributed by atoms with Crippen molar-refractivity contribution >= 4 is 40.8 Å². The number of anilines is 1. The summed E-state index contributed by atoms with van der Waals surface area (Å²) in [6.07, 6.45) is 4.12. The molecule has 3 aliphatic rings. The summed E-state index contributed by atoms with van der Waals surface area (Å²) in [4.78, 5) is 22.2. The van der Waals surface area contributed by atoms with Crippen LogP contribution in [0.1, 0.15) is 55.7 Å². The van der Waals surface area contributed by atoms with Crippen LogP contribution in [0.2, 0.25) is 0 Å². The van der Waals surface area contributed by atoms with Crippen LogP contribution in [0.4, 0.5) is 14.5 Å². The van der Waals surface area contributed by atoms with Crippen LogP contribution in [-0.2, 0) is 11.2 Å². The first-order valence-corrected chi connectivity index (χ1v) is 14.5. The van der Waals surface area contributed by atoms with Crippen LogP contribution in [0.3, 0.4) is 0 Å². The summed E-state index contributed by atoms with van der Waals surface area (Å²) in [5, 5.41) is 13.0. The Kier molecular flexibility index (Phi) is 10.2. The first kappa shape index (κ1) is 30.0. The second-order valence-corrected chi connectivity index (χ2v) is 11.0. The minimum absolute atomic E-state index is 0.0407. The standard InChI is InChI=1S/C29H40ClF2N7O/c1-19(40)38-12-7-26(36-22-5-10-37(11-6-22)13-8-30)25(18-38)29(34)39-9-3-4-20-14-23(21(16-33)17-35-2)24(28(31)32)15-27(20)39/h14-17,22,28,34,36H,3-13,18,33H2,1-2H3. The van der Waals surface area contributed by atoms with Gasteiger partial charge in [-0.05, 0) is 48.9 Å². The molecular formula is C29H40ClF2N7O. The number of likely N-dealkylation sites (tertiary alicyclic amines) is 1. The van der Waals surface area contributed by atoms with Crippen LogP contribution in [0.25, 0.3) is 5.57 Å². The molecule has 0 aromatic heterocycles. The van der Waals surface area contributed by atoms with E-state index < -0.39 is 6.43 Å². The lowest BCUT2D eigenvalue weighted by molar-refractivity contribution is -0.128. The van der Waals surface area contributed by atoms with Crippen LogP contribution < -0.4 is 16.0 Å². The average Bonchev–Trinajstić information content (AvgIpc) is 2.95. The van der Waals surface area contributed by atoms with E-state index in [0.717, 1.165) is 55.7 Å². The number of amides is 1. The number of alkyl halides is 3. The number of benzene rings is 1. The molecule has 11 heteroatoms. The fourth-order valence-electron chi connectivity index (χ4n) is 5.89. The number of piperidine rings is 1. The van der Waals surface area contributed by atoms with Crippen LogP contribution in [-0.4, -0.2) is 86.0 Å². The number of carbonyl (C=O) groups is 1. The number of hydrogen-bond donors (Lipinski definition) is 3. The second kappa shape index (κ2) is 13.6. The highest BCUT2D eigenvalue weighted by Crippen LogP contribution is 2.38. The number of rotatable bonds is 8. The Balaban J connectivity index is 1.68. The number of fused-ring (bicyclic) bond motifs is 1. The lowest BCUT2D eigenvalue weighted by atomic mass is 9.91. The molecule has 40 heavy (non-hydrogen) atoms. The van der Waals surface area contributed by atoms with Gasteiger partial charge in [0.05, 0.1) is 6.54 Å². The molecule has 0 aliphatic carbocycles. The van der Waals surface area contributed by atoms with Crippen LogP contribution in [0.15, 0.2) is 34.6 Å². The van der Waals surface area contributed by atoms with E-state index >= 15 is 0 Å². The largest absolute Gasteiger partial charge is 0.404 e. The quantitative estimate of drug-likeness (QED) is 0.246. The number of amidine groups is 1. The molecule has 4 rings (SSSR count). The molecule has 1 saturated heterocycles. The summed E-state index contributed by atoms with van der Waals surface area (Å²) in [6.45, 7) is 5.79. The molecule has 1 aromatic rings. The summed E-state index contributed by atoms with van der Waals surface area (Å²) in [5.41, 5.74) is 9.65. The monoisotopic (exact) mass is 575 g/mol. The van der Waals surface area contributed by atoms with Gasteiger partial charge < -0.3 is 25.8 Å². The predicted octanol–water partition coefficient (Wildman–Crippen LogP) is 4.15. The number of hydrogen-bond acceptors (Lipinski definition) is 6. The van der Waals surface area contributed by atoms with Crippen molar-refractivity contribution in [2.45, 2.75) is 51.5 Å². The summed E-state index contributed by atoms with van der Waals surface area (Å²) < 4.78 is 28.6. The molecule has 8 nitrogen and oxygen atoms in total. The number of carbonyl (C=O) groups excluding carboxylic acids is 1. The van der Waals surface area contributed by atoms with Crippen LogP contribution >= 0.6 is 11.6 Å². The average molecular weight is 576 g/mol. The number of aryl methyl sites for hydroxylation is 1. The van der Waals surface area contributed by atoms with Crippen LogP contribution in [0, 0.1) is 5.41 Å². The minimum Gasteiger partial charge on any atom is -0.404 e. The third kappa shape index (κ3) is 6.66. The molecule has 3 aliphatic heterocycles. The van der Waals surface area contributed by atoms with Gasteiger partial charge in [0.15, 0.2) is 0 Å². The molecule has 1 fully saturated rings. The summed E-state index contributed by atoms with van der Waals surface area (Å²) in [7, 11) is 1.57. The van der Waals surface area contributed by atoms with Crippen LogP contribution in [0.5, 0.6) is 0 Å². The SMILES string of the molecule is CN=CC(=CN)c1cc2c(cc1C(F)F)N(C(=N)C1=C(NC3CCN(CCCl)CC3)CCN(C(C)=O)C1)CCC2. The molecule has 1 aromatic carbocycles. The normalized spacial score (nSPS) is 19.5. The fraction of sp³-hybridized carbons (Fsp3) is 0.552. The van der Waals surface area contributed by atoms with E-state index in [2.05, 4.69) is 15.2 Å². The van der Waals surface area contributed by atoms with Crippen molar-refractivity contribution in [2.75, 3.05) is 57.1 Å². The van der Waals surface area contributed by atoms with Gasteiger partial charge in [-0.2, -0.15) is 0 Å². The van der Waals surface area contributed by atoms with Crippen molar-refractivity contribution in [1.29, 1.82) is 5.41 Å². The van der Waals surface area contributed by atoms with E-state index in [0.29, 0.717) is 55.2 Å². The molecule has 0 atom stereocenters. The van der Waals surface area contributed by atoms with Crippen molar-refractivity contribution in [2.24, 2.45) is 10.7 Å².